The minimum Gasteiger partial charge on any atom is -0.326 e. The van der Waals surface area contributed by atoms with Gasteiger partial charge in [0.05, 0.1) is 0 Å². The number of carbonyl (C=O) groups excluding carboxylic acids is 1. The molecule has 1 aliphatic rings. The third-order valence-corrected chi connectivity index (χ3v) is 3.40. The number of hydrogen-bond donors (Lipinski definition) is 2. The fourth-order valence-electron chi connectivity index (χ4n) is 2.33. The Balaban J connectivity index is 1.84. The van der Waals surface area contributed by atoms with Crippen LogP contribution in [0.15, 0.2) is 12.1 Å². The van der Waals surface area contributed by atoms with E-state index < -0.39 is 17.5 Å². The number of anilines is 1. The molecule has 2 N–H and O–H groups in total. The van der Waals surface area contributed by atoms with Crippen LogP contribution in [0.1, 0.15) is 32.1 Å². The van der Waals surface area contributed by atoms with Crippen molar-refractivity contribution in [2.24, 2.45) is 0 Å². The SMILES string of the molecule is O=C(CCC1CCCCN1)Nc1cc(F)c(F)c(F)c1. The molecule has 6 heteroatoms. The molecule has 1 atom stereocenters. The van der Waals surface area contributed by atoms with Crippen molar-refractivity contribution in [3.63, 3.8) is 0 Å². The molecule has 0 aliphatic carbocycles. The van der Waals surface area contributed by atoms with Gasteiger partial charge in [0.25, 0.3) is 0 Å². The zero-order chi connectivity index (χ0) is 14.5. The molecular weight excluding hydrogens is 269 g/mol. The molecule has 20 heavy (non-hydrogen) atoms. The molecular formula is C14H17F3N2O. The molecule has 0 bridgehead atoms. The topological polar surface area (TPSA) is 41.1 Å². The van der Waals surface area contributed by atoms with Gasteiger partial charge in [-0.2, -0.15) is 0 Å². The van der Waals surface area contributed by atoms with E-state index in [9.17, 15) is 18.0 Å². The molecule has 0 aromatic heterocycles. The monoisotopic (exact) mass is 286 g/mol. The van der Waals surface area contributed by atoms with Crippen molar-refractivity contribution in [3.05, 3.63) is 29.6 Å². The van der Waals surface area contributed by atoms with Crippen LogP contribution in [0.5, 0.6) is 0 Å². The number of nitrogens with one attached hydrogen (secondary N) is 2. The molecule has 1 saturated heterocycles. The van der Waals surface area contributed by atoms with E-state index in [0.29, 0.717) is 12.5 Å². The van der Waals surface area contributed by atoms with Crippen LogP contribution >= 0.6 is 0 Å². The van der Waals surface area contributed by atoms with Crippen molar-refractivity contribution in [2.75, 3.05) is 11.9 Å². The van der Waals surface area contributed by atoms with Gasteiger partial charge in [-0.1, -0.05) is 6.42 Å². The van der Waals surface area contributed by atoms with Crippen LogP contribution in [0.3, 0.4) is 0 Å². The highest BCUT2D eigenvalue weighted by molar-refractivity contribution is 5.90. The van der Waals surface area contributed by atoms with Crippen molar-refractivity contribution in [1.82, 2.24) is 5.32 Å². The van der Waals surface area contributed by atoms with E-state index >= 15 is 0 Å². The summed E-state index contributed by atoms with van der Waals surface area (Å²) < 4.78 is 38.7. The van der Waals surface area contributed by atoms with Gasteiger partial charge >= 0.3 is 0 Å². The Hall–Kier alpha value is -1.56. The molecule has 110 valence electrons. The summed E-state index contributed by atoms with van der Waals surface area (Å²) in [6.07, 6.45) is 4.27. The number of hydrogen-bond acceptors (Lipinski definition) is 2. The summed E-state index contributed by atoms with van der Waals surface area (Å²) in [4.78, 5) is 11.7. The van der Waals surface area contributed by atoms with E-state index in [1.165, 1.54) is 0 Å². The maximum atomic E-state index is 13.0. The third-order valence-electron chi connectivity index (χ3n) is 3.40. The molecule has 2 rings (SSSR count). The van der Waals surface area contributed by atoms with Crippen molar-refractivity contribution in [3.8, 4) is 0 Å². The molecule has 0 spiro atoms. The van der Waals surface area contributed by atoms with Gasteiger partial charge in [0, 0.05) is 30.3 Å². The maximum absolute atomic E-state index is 13.0. The zero-order valence-corrected chi connectivity index (χ0v) is 11.0. The van der Waals surface area contributed by atoms with Crippen molar-refractivity contribution >= 4 is 11.6 Å². The summed E-state index contributed by atoms with van der Waals surface area (Å²) in [7, 11) is 0. The molecule has 1 aromatic rings. The quantitative estimate of drug-likeness (QED) is 0.836. The van der Waals surface area contributed by atoms with Crippen molar-refractivity contribution in [1.29, 1.82) is 0 Å². The van der Waals surface area contributed by atoms with Crippen LogP contribution in [0.2, 0.25) is 0 Å². The van der Waals surface area contributed by atoms with Gasteiger partial charge in [-0.3, -0.25) is 4.79 Å². The Morgan fingerprint density at radius 3 is 2.55 bits per heavy atom. The second-order valence-electron chi connectivity index (χ2n) is 4.99. The number of benzene rings is 1. The van der Waals surface area contributed by atoms with Gasteiger partial charge < -0.3 is 10.6 Å². The molecule has 1 aliphatic heterocycles. The molecule has 1 amide bonds. The zero-order valence-electron chi connectivity index (χ0n) is 11.0. The molecule has 0 radical (unpaired) electrons. The van der Waals surface area contributed by atoms with Crippen LogP contribution in [-0.4, -0.2) is 18.5 Å². The van der Waals surface area contributed by atoms with Crippen LogP contribution in [0.4, 0.5) is 18.9 Å². The van der Waals surface area contributed by atoms with E-state index in [1.807, 2.05) is 0 Å². The third kappa shape index (κ3) is 3.96. The van der Waals surface area contributed by atoms with Crippen LogP contribution < -0.4 is 10.6 Å². The number of piperidine rings is 1. The van der Waals surface area contributed by atoms with E-state index in [-0.39, 0.29) is 18.0 Å². The summed E-state index contributed by atoms with van der Waals surface area (Å²) in [6, 6.07) is 1.86. The normalized spacial score (nSPS) is 18.9. The fraction of sp³-hybridized carbons (Fsp3) is 0.500. The standard InChI is InChI=1S/C14H17F3N2O/c15-11-7-10(8-12(16)14(11)17)19-13(20)5-4-9-3-1-2-6-18-9/h7-9,18H,1-6H2,(H,19,20). The van der Waals surface area contributed by atoms with Crippen LogP contribution in [-0.2, 0) is 4.79 Å². The molecule has 1 unspecified atom stereocenters. The van der Waals surface area contributed by atoms with Gasteiger partial charge in [-0.25, -0.2) is 13.2 Å². The fourth-order valence-corrected chi connectivity index (χ4v) is 2.33. The Morgan fingerprint density at radius 2 is 1.95 bits per heavy atom. The molecule has 3 nitrogen and oxygen atoms in total. The predicted octanol–water partition coefficient (Wildman–Crippen LogP) is 2.96. The summed E-state index contributed by atoms with van der Waals surface area (Å²) in [5, 5.41) is 5.69. The lowest BCUT2D eigenvalue weighted by molar-refractivity contribution is -0.116. The van der Waals surface area contributed by atoms with E-state index in [2.05, 4.69) is 10.6 Å². The Labute approximate surface area is 115 Å². The smallest absolute Gasteiger partial charge is 0.224 e. The minimum absolute atomic E-state index is 0.0667. The second-order valence-corrected chi connectivity index (χ2v) is 4.99. The number of amides is 1. The summed E-state index contributed by atoms with van der Waals surface area (Å²) in [5.41, 5.74) is -0.0667. The average molecular weight is 286 g/mol. The van der Waals surface area contributed by atoms with Crippen molar-refractivity contribution in [2.45, 2.75) is 38.1 Å². The minimum atomic E-state index is -1.53. The lowest BCUT2D eigenvalue weighted by Gasteiger charge is -2.23. The Bertz CT molecular complexity index is 464. The summed E-state index contributed by atoms with van der Waals surface area (Å²) in [6.45, 7) is 0.959. The number of carbonyl (C=O) groups is 1. The first-order valence-corrected chi connectivity index (χ1v) is 6.74. The Kier molecular flexibility index (Phi) is 5.00. The molecule has 1 fully saturated rings. The average Bonchev–Trinajstić information content (AvgIpc) is 2.43. The van der Waals surface area contributed by atoms with Gasteiger partial charge in [0.1, 0.15) is 0 Å². The summed E-state index contributed by atoms with van der Waals surface area (Å²) >= 11 is 0. The highest BCUT2D eigenvalue weighted by atomic mass is 19.2. The van der Waals surface area contributed by atoms with E-state index in [0.717, 1.165) is 37.9 Å². The van der Waals surface area contributed by atoms with Gasteiger partial charge in [-0.05, 0) is 25.8 Å². The molecule has 1 aromatic carbocycles. The number of halogens is 3. The highest BCUT2D eigenvalue weighted by Crippen LogP contribution is 2.18. The first kappa shape index (κ1) is 14.8. The lowest BCUT2D eigenvalue weighted by Crippen LogP contribution is -2.34. The lowest BCUT2D eigenvalue weighted by atomic mass is 10.0. The van der Waals surface area contributed by atoms with Gasteiger partial charge in [-0.15, -0.1) is 0 Å². The van der Waals surface area contributed by atoms with E-state index in [4.69, 9.17) is 0 Å². The second kappa shape index (κ2) is 6.74. The Morgan fingerprint density at radius 1 is 1.25 bits per heavy atom. The molecule has 0 saturated carbocycles. The first-order valence-electron chi connectivity index (χ1n) is 6.74. The molecule has 1 heterocycles. The van der Waals surface area contributed by atoms with Crippen LogP contribution in [0.25, 0.3) is 0 Å². The maximum Gasteiger partial charge on any atom is 0.224 e. The predicted molar refractivity (Wildman–Crippen MR) is 69.8 cm³/mol. The first-order chi connectivity index (χ1) is 9.56. The van der Waals surface area contributed by atoms with E-state index in [1.54, 1.807) is 0 Å². The van der Waals surface area contributed by atoms with Gasteiger partial charge in [0.15, 0.2) is 17.5 Å². The van der Waals surface area contributed by atoms with Gasteiger partial charge in [0.2, 0.25) is 5.91 Å². The van der Waals surface area contributed by atoms with Crippen molar-refractivity contribution < 1.29 is 18.0 Å². The summed E-state index contributed by atoms with van der Waals surface area (Å²) in [5.74, 6) is -4.49. The largest absolute Gasteiger partial charge is 0.326 e. The number of rotatable bonds is 4. The van der Waals surface area contributed by atoms with Crippen LogP contribution in [0, 0.1) is 17.5 Å². The highest BCUT2D eigenvalue weighted by Gasteiger charge is 2.15.